The number of aromatic nitrogens is 3. The summed E-state index contributed by atoms with van der Waals surface area (Å²) in [5, 5.41) is 4.00. The Morgan fingerprint density at radius 1 is 1.43 bits per heavy atom. The maximum Gasteiger partial charge on any atom is 0.258 e. The van der Waals surface area contributed by atoms with Gasteiger partial charge < -0.3 is 14.0 Å². The summed E-state index contributed by atoms with van der Waals surface area (Å²) in [6.07, 6.45) is 3.46. The van der Waals surface area contributed by atoms with Gasteiger partial charge in [0, 0.05) is 30.7 Å². The van der Waals surface area contributed by atoms with Crippen LogP contribution in [0, 0.1) is 5.92 Å². The normalized spacial score (nSPS) is 18.3. The Morgan fingerprint density at radius 2 is 2.33 bits per heavy atom. The second-order valence-corrected chi connectivity index (χ2v) is 5.60. The van der Waals surface area contributed by atoms with Gasteiger partial charge in [0.15, 0.2) is 5.82 Å². The molecule has 6 nitrogen and oxygen atoms in total. The van der Waals surface area contributed by atoms with E-state index in [1.54, 1.807) is 6.20 Å². The van der Waals surface area contributed by atoms with Gasteiger partial charge in [-0.05, 0) is 12.0 Å². The van der Waals surface area contributed by atoms with Crippen LogP contribution in [-0.2, 0) is 11.2 Å². The lowest BCUT2D eigenvalue weighted by Crippen LogP contribution is -2.16. The molecule has 3 heterocycles. The van der Waals surface area contributed by atoms with Crippen LogP contribution in [0.1, 0.15) is 26.1 Å². The molecule has 0 aliphatic carbocycles. The van der Waals surface area contributed by atoms with Crippen molar-refractivity contribution in [3.05, 3.63) is 24.2 Å². The smallest absolute Gasteiger partial charge is 0.258 e. The van der Waals surface area contributed by atoms with Crippen molar-refractivity contribution in [3.8, 4) is 17.3 Å². The zero-order chi connectivity index (χ0) is 14.7. The largest absolute Gasteiger partial charge is 0.472 e. The molecule has 0 spiro atoms. The second kappa shape index (κ2) is 6.22. The highest BCUT2D eigenvalue weighted by atomic mass is 16.5. The zero-order valence-electron chi connectivity index (χ0n) is 12.3. The summed E-state index contributed by atoms with van der Waals surface area (Å²) >= 11 is 0. The summed E-state index contributed by atoms with van der Waals surface area (Å²) in [5.41, 5.74) is 0.821. The van der Waals surface area contributed by atoms with E-state index in [4.69, 9.17) is 14.0 Å². The van der Waals surface area contributed by atoms with Crippen LogP contribution in [0.4, 0.5) is 0 Å². The molecule has 1 atom stereocenters. The van der Waals surface area contributed by atoms with Crippen LogP contribution in [0.3, 0.4) is 0 Å². The van der Waals surface area contributed by atoms with Crippen LogP contribution in [0.2, 0.25) is 0 Å². The molecule has 112 valence electrons. The fourth-order valence-corrected chi connectivity index (χ4v) is 2.20. The van der Waals surface area contributed by atoms with Gasteiger partial charge >= 0.3 is 0 Å². The SMILES string of the molecule is CC(C)Cc1noc(-c2ccnc(OC3CCOC3)c2)n1. The fourth-order valence-electron chi connectivity index (χ4n) is 2.20. The van der Waals surface area contributed by atoms with Crippen LogP contribution in [-0.4, -0.2) is 34.4 Å². The molecule has 2 aromatic heterocycles. The average molecular weight is 289 g/mol. The predicted molar refractivity (Wildman–Crippen MR) is 75.9 cm³/mol. The van der Waals surface area contributed by atoms with Crippen LogP contribution in [0.25, 0.3) is 11.5 Å². The molecule has 1 aliphatic heterocycles. The number of hydrogen-bond donors (Lipinski definition) is 0. The Hall–Kier alpha value is -1.95. The minimum absolute atomic E-state index is 0.0759. The highest BCUT2D eigenvalue weighted by Crippen LogP contribution is 2.22. The standard InChI is InChI=1S/C15H19N3O3/c1-10(2)7-13-17-15(21-18-13)11-3-5-16-14(8-11)20-12-4-6-19-9-12/h3,5,8,10,12H,4,6-7,9H2,1-2H3. The summed E-state index contributed by atoms with van der Waals surface area (Å²) in [6, 6.07) is 3.66. The first kappa shape index (κ1) is 14.0. The van der Waals surface area contributed by atoms with Crippen molar-refractivity contribution < 1.29 is 14.0 Å². The molecule has 2 aromatic rings. The fraction of sp³-hybridized carbons (Fsp3) is 0.533. The monoisotopic (exact) mass is 289 g/mol. The van der Waals surface area contributed by atoms with Gasteiger partial charge in [-0.25, -0.2) is 4.98 Å². The van der Waals surface area contributed by atoms with Crippen molar-refractivity contribution in [2.45, 2.75) is 32.8 Å². The number of nitrogens with zero attached hydrogens (tertiary/aromatic N) is 3. The Balaban J connectivity index is 1.74. The van der Waals surface area contributed by atoms with E-state index in [1.165, 1.54) is 0 Å². The lowest BCUT2D eigenvalue weighted by atomic mass is 10.1. The van der Waals surface area contributed by atoms with Crippen LogP contribution in [0.15, 0.2) is 22.9 Å². The number of hydrogen-bond acceptors (Lipinski definition) is 6. The second-order valence-electron chi connectivity index (χ2n) is 5.60. The van der Waals surface area contributed by atoms with Crippen molar-refractivity contribution in [2.75, 3.05) is 13.2 Å². The minimum Gasteiger partial charge on any atom is -0.472 e. The quantitative estimate of drug-likeness (QED) is 0.842. The van der Waals surface area contributed by atoms with Crippen molar-refractivity contribution in [3.63, 3.8) is 0 Å². The summed E-state index contributed by atoms with van der Waals surface area (Å²) in [6.45, 7) is 5.60. The highest BCUT2D eigenvalue weighted by Gasteiger charge is 2.18. The average Bonchev–Trinajstić information content (AvgIpc) is 3.10. The van der Waals surface area contributed by atoms with Gasteiger partial charge in [0.05, 0.1) is 13.2 Å². The number of ether oxygens (including phenoxy) is 2. The third-order valence-corrected chi connectivity index (χ3v) is 3.22. The summed E-state index contributed by atoms with van der Waals surface area (Å²) < 4.78 is 16.4. The van der Waals surface area contributed by atoms with Gasteiger partial charge in [-0.1, -0.05) is 19.0 Å². The highest BCUT2D eigenvalue weighted by molar-refractivity contribution is 5.53. The molecule has 0 amide bonds. The number of pyridine rings is 1. The molecule has 0 N–H and O–H groups in total. The van der Waals surface area contributed by atoms with Crippen molar-refractivity contribution in [2.24, 2.45) is 5.92 Å². The summed E-state index contributed by atoms with van der Waals surface area (Å²) in [4.78, 5) is 8.62. The van der Waals surface area contributed by atoms with E-state index in [0.717, 1.165) is 30.8 Å². The Labute approximate surface area is 123 Å². The lowest BCUT2D eigenvalue weighted by molar-refractivity contribution is 0.138. The van der Waals surface area contributed by atoms with E-state index in [0.29, 0.717) is 24.3 Å². The van der Waals surface area contributed by atoms with E-state index in [9.17, 15) is 0 Å². The van der Waals surface area contributed by atoms with Crippen LogP contribution in [0.5, 0.6) is 5.88 Å². The van der Waals surface area contributed by atoms with Gasteiger partial charge in [0.1, 0.15) is 6.10 Å². The third-order valence-electron chi connectivity index (χ3n) is 3.22. The van der Waals surface area contributed by atoms with Crippen molar-refractivity contribution in [1.29, 1.82) is 0 Å². The lowest BCUT2D eigenvalue weighted by Gasteiger charge is -2.10. The predicted octanol–water partition coefficient (Wildman–Crippen LogP) is 2.50. The molecule has 0 bridgehead atoms. The molecule has 1 saturated heterocycles. The Bertz CT molecular complexity index is 591. The first-order valence-electron chi connectivity index (χ1n) is 7.24. The molecule has 3 rings (SSSR count). The van der Waals surface area contributed by atoms with Crippen LogP contribution >= 0.6 is 0 Å². The molecule has 1 fully saturated rings. The molecular weight excluding hydrogens is 270 g/mol. The summed E-state index contributed by atoms with van der Waals surface area (Å²) in [7, 11) is 0. The van der Waals surface area contributed by atoms with Gasteiger partial charge in [-0.3, -0.25) is 0 Å². The number of rotatable bonds is 5. The maximum atomic E-state index is 5.78. The molecule has 21 heavy (non-hydrogen) atoms. The Morgan fingerprint density at radius 3 is 3.10 bits per heavy atom. The molecular formula is C15H19N3O3. The van der Waals surface area contributed by atoms with E-state index in [1.807, 2.05) is 12.1 Å². The van der Waals surface area contributed by atoms with Gasteiger partial charge in [0.2, 0.25) is 5.88 Å². The molecule has 1 unspecified atom stereocenters. The van der Waals surface area contributed by atoms with E-state index >= 15 is 0 Å². The molecule has 6 heteroatoms. The van der Waals surface area contributed by atoms with Gasteiger partial charge in [-0.15, -0.1) is 0 Å². The zero-order valence-corrected chi connectivity index (χ0v) is 12.3. The minimum atomic E-state index is 0.0759. The molecule has 1 aliphatic rings. The maximum absolute atomic E-state index is 5.78. The van der Waals surface area contributed by atoms with Gasteiger partial charge in [-0.2, -0.15) is 4.98 Å². The van der Waals surface area contributed by atoms with E-state index < -0.39 is 0 Å². The topological polar surface area (TPSA) is 70.3 Å². The molecule has 0 saturated carbocycles. The van der Waals surface area contributed by atoms with Crippen LogP contribution < -0.4 is 4.74 Å². The van der Waals surface area contributed by atoms with E-state index in [-0.39, 0.29) is 6.10 Å². The Kier molecular flexibility index (Phi) is 4.15. The van der Waals surface area contributed by atoms with Crippen molar-refractivity contribution in [1.82, 2.24) is 15.1 Å². The van der Waals surface area contributed by atoms with Crippen molar-refractivity contribution >= 4 is 0 Å². The van der Waals surface area contributed by atoms with Gasteiger partial charge in [0.25, 0.3) is 5.89 Å². The first-order chi connectivity index (χ1) is 10.2. The first-order valence-corrected chi connectivity index (χ1v) is 7.24. The van der Waals surface area contributed by atoms with E-state index in [2.05, 4.69) is 29.0 Å². The molecule has 0 aromatic carbocycles. The molecule has 0 radical (unpaired) electrons. The third kappa shape index (κ3) is 3.58. The summed E-state index contributed by atoms with van der Waals surface area (Å²) in [5.74, 6) is 2.28.